The average Bonchev–Trinajstić information content (AvgIpc) is 2.45. The van der Waals surface area contributed by atoms with E-state index in [0.717, 1.165) is 10.6 Å². The standard InChI is InChI=1S/C15H18ClNO3/c1-20-15(19)8-12-10-17(7-6-14(12)18)9-11-4-2-3-5-13(11)16/h2-5,12H,6-10H2,1H3. The SMILES string of the molecule is COC(=O)CC1CN(Cc2ccccc2Cl)CCC1=O. The van der Waals surface area contributed by atoms with Crippen LogP contribution in [0, 0.1) is 5.92 Å². The Morgan fingerprint density at radius 2 is 2.20 bits per heavy atom. The van der Waals surface area contributed by atoms with Crippen LogP contribution in [0.25, 0.3) is 0 Å². The zero-order valence-electron chi connectivity index (χ0n) is 11.5. The van der Waals surface area contributed by atoms with Crippen LogP contribution in [0.1, 0.15) is 18.4 Å². The van der Waals surface area contributed by atoms with E-state index in [9.17, 15) is 9.59 Å². The van der Waals surface area contributed by atoms with Crippen molar-refractivity contribution < 1.29 is 14.3 Å². The van der Waals surface area contributed by atoms with Crippen molar-refractivity contribution in [2.75, 3.05) is 20.2 Å². The van der Waals surface area contributed by atoms with Crippen LogP contribution in [0.15, 0.2) is 24.3 Å². The first kappa shape index (κ1) is 15.0. The molecule has 0 saturated carbocycles. The third-order valence-electron chi connectivity index (χ3n) is 3.60. The van der Waals surface area contributed by atoms with Crippen LogP contribution in [0.5, 0.6) is 0 Å². The quantitative estimate of drug-likeness (QED) is 0.800. The Labute approximate surface area is 123 Å². The van der Waals surface area contributed by atoms with Crippen molar-refractivity contribution >= 4 is 23.4 Å². The lowest BCUT2D eigenvalue weighted by Crippen LogP contribution is -2.41. The summed E-state index contributed by atoms with van der Waals surface area (Å²) in [6, 6.07) is 7.68. The summed E-state index contributed by atoms with van der Waals surface area (Å²) in [6.07, 6.45) is 0.639. The molecule has 1 aliphatic rings. The Kier molecular flexibility index (Phi) is 5.15. The molecule has 0 aromatic heterocycles. The number of rotatable bonds is 4. The lowest BCUT2D eigenvalue weighted by molar-refractivity contribution is -0.145. The Balaban J connectivity index is 1.98. The van der Waals surface area contributed by atoms with E-state index < -0.39 is 0 Å². The molecule has 20 heavy (non-hydrogen) atoms. The molecule has 1 aromatic carbocycles. The van der Waals surface area contributed by atoms with Gasteiger partial charge < -0.3 is 4.74 Å². The number of benzene rings is 1. The number of carbonyl (C=O) groups excluding carboxylic acids is 2. The van der Waals surface area contributed by atoms with Crippen molar-refractivity contribution in [3.63, 3.8) is 0 Å². The minimum Gasteiger partial charge on any atom is -0.469 e. The van der Waals surface area contributed by atoms with E-state index >= 15 is 0 Å². The highest BCUT2D eigenvalue weighted by molar-refractivity contribution is 6.31. The van der Waals surface area contributed by atoms with Gasteiger partial charge in [0.25, 0.3) is 0 Å². The van der Waals surface area contributed by atoms with Gasteiger partial charge >= 0.3 is 5.97 Å². The number of carbonyl (C=O) groups is 2. The molecule has 2 rings (SSSR count). The topological polar surface area (TPSA) is 46.6 Å². The summed E-state index contributed by atoms with van der Waals surface area (Å²) in [5, 5.41) is 0.730. The van der Waals surface area contributed by atoms with E-state index in [4.69, 9.17) is 11.6 Å². The van der Waals surface area contributed by atoms with E-state index in [0.29, 0.717) is 26.1 Å². The number of methoxy groups -OCH3 is 1. The Morgan fingerprint density at radius 1 is 1.45 bits per heavy atom. The van der Waals surface area contributed by atoms with Crippen LogP contribution < -0.4 is 0 Å². The van der Waals surface area contributed by atoms with E-state index in [1.54, 1.807) is 0 Å². The second kappa shape index (κ2) is 6.86. The largest absolute Gasteiger partial charge is 0.469 e. The maximum Gasteiger partial charge on any atom is 0.306 e. The first-order chi connectivity index (χ1) is 9.60. The fourth-order valence-corrected chi connectivity index (χ4v) is 2.65. The van der Waals surface area contributed by atoms with Crippen molar-refractivity contribution in [3.05, 3.63) is 34.9 Å². The lowest BCUT2D eigenvalue weighted by atomic mass is 9.93. The van der Waals surface area contributed by atoms with Crippen LogP contribution in [-0.4, -0.2) is 36.9 Å². The van der Waals surface area contributed by atoms with Gasteiger partial charge in [-0.05, 0) is 11.6 Å². The van der Waals surface area contributed by atoms with E-state index in [-0.39, 0.29) is 24.1 Å². The van der Waals surface area contributed by atoms with Gasteiger partial charge in [-0.15, -0.1) is 0 Å². The Bertz CT molecular complexity index is 504. The van der Waals surface area contributed by atoms with E-state index in [1.807, 2.05) is 24.3 Å². The van der Waals surface area contributed by atoms with Gasteiger partial charge in [0, 0.05) is 37.0 Å². The molecule has 5 heteroatoms. The zero-order chi connectivity index (χ0) is 14.5. The second-order valence-corrected chi connectivity index (χ2v) is 5.43. The number of halogens is 1. The molecule has 0 spiro atoms. The third-order valence-corrected chi connectivity index (χ3v) is 3.97. The average molecular weight is 296 g/mol. The van der Waals surface area contributed by atoms with E-state index in [1.165, 1.54) is 7.11 Å². The molecule has 0 aliphatic carbocycles. The first-order valence-electron chi connectivity index (χ1n) is 6.65. The predicted molar refractivity (Wildman–Crippen MR) is 76.5 cm³/mol. The maximum atomic E-state index is 11.9. The molecule has 1 unspecified atom stereocenters. The molecule has 1 aliphatic heterocycles. The van der Waals surface area contributed by atoms with Gasteiger partial charge in [0.1, 0.15) is 5.78 Å². The van der Waals surface area contributed by atoms with Gasteiger partial charge in [-0.3, -0.25) is 14.5 Å². The monoisotopic (exact) mass is 295 g/mol. The highest BCUT2D eigenvalue weighted by Gasteiger charge is 2.29. The molecule has 0 radical (unpaired) electrons. The summed E-state index contributed by atoms with van der Waals surface area (Å²) in [4.78, 5) is 25.3. The molecule has 0 amide bonds. The molecule has 1 fully saturated rings. The van der Waals surface area contributed by atoms with Gasteiger partial charge in [0.05, 0.1) is 13.5 Å². The van der Waals surface area contributed by atoms with Crippen molar-refractivity contribution in [2.45, 2.75) is 19.4 Å². The number of hydrogen-bond donors (Lipinski definition) is 0. The van der Waals surface area contributed by atoms with Gasteiger partial charge in [0.2, 0.25) is 0 Å². The van der Waals surface area contributed by atoms with Gasteiger partial charge in [-0.25, -0.2) is 0 Å². The molecule has 1 saturated heterocycles. The maximum absolute atomic E-state index is 11.9. The normalized spacial score (nSPS) is 19.9. The smallest absolute Gasteiger partial charge is 0.306 e. The summed E-state index contributed by atoms with van der Waals surface area (Å²) in [6.45, 7) is 1.99. The minimum absolute atomic E-state index is 0.144. The molecular weight excluding hydrogens is 278 g/mol. The number of piperidine rings is 1. The number of Topliss-reactive ketones (excluding diaryl/α,β-unsaturated/α-hetero) is 1. The fourth-order valence-electron chi connectivity index (χ4n) is 2.45. The minimum atomic E-state index is -0.331. The molecule has 1 heterocycles. The van der Waals surface area contributed by atoms with E-state index in [2.05, 4.69) is 9.64 Å². The Morgan fingerprint density at radius 3 is 2.90 bits per heavy atom. The summed E-state index contributed by atoms with van der Waals surface area (Å²) >= 11 is 6.15. The van der Waals surface area contributed by atoms with Crippen LogP contribution in [0.3, 0.4) is 0 Å². The van der Waals surface area contributed by atoms with Crippen LogP contribution in [0.4, 0.5) is 0 Å². The highest BCUT2D eigenvalue weighted by atomic mass is 35.5. The number of nitrogens with zero attached hydrogens (tertiary/aromatic N) is 1. The number of esters is 1. The molecule has 1 aromatic rings. The number of likely N-dealkylation sites (tertiary alicyclic amines) is 1. The number of ether oxygens (including phenoxy) is 1. The Hall–Kier alpha value is -1.39. The van der Waals surface area contributed by atoms with Crippen molar-refractivity contribution in [1.29, 1.82) is 0 Å². The van der Waals surface area contributed by atoms with Gasteiger partial charge in [0.15, 0.2) is 0 Å². The third kappa shape index (κ3) is 3.81. The zero-order valence-corrected chi connectivity index (χ0v) is 12.2. The fraction of sp³-hybridized carbons (Fsp3) is 0.467. The second-order valence-electron chi connectivity index (χ2n) is 5.02. The summed E-state index contributed by atoms with van der Waals surface area (Å²) < 4.78 is 4.64. The molecule has 108 valence electrons. The van der Waals surface area contributed by atoms with Crippen LogP contribution in [-0.2, 0) is 20.9 Å². The molecule has 1 atom stereocenters. The highest BCUT2D eigenvalue weighted by Crippen LogP contribution is 2.22. The molecule has 0 N–H and O–H groups in total. The van der Waals surface area contributed by atoms with Crippen LogP contribution >= 0.6 is 11.6 Å². The molecule has 4 nitrogen and oxygen atoms in total. The molecular formula is C15H18ClNO3. The number of ketones is 1. The van der Waals surface area contributed by atoms with Crippen molar-refractivity contribution in [3.8, 4) is 0 Å². The summed E-state index contributed by atoms with van der Waals surface area (Å²) in [5.41, 5.74) is 1.04. The van der Waals surface area contributed by atoms with Crippen molar-refractivity contribution in [1.82, 2.24) is 4.90 Å². The predicted octanol–water partition coefficient (Wildman–Crippen LogP) is 2.29. The van der Waals surface area contributed by atoms with Crippen molar-refractivity contribution in [2.24, 2.45) is 5.92 Å². The first-order valence-corrected chi connectivity index (χ1v) is 7.03. The summed E-state index contributed by atoms with van der Waals surface area (Å²) in [5.74, 6) is -0.451. The van der Waals surface area contributed by atoms with Crippen LogP contribution in [0.2, 0.25) is 5.02 Å². The summed E-state index contributed by atoms with van der Waals surface area (Å²) in [7, 11) is 1.34. The molecule has 0 bridgehead atoms. The number of hydrogen-bond acceptors (Lipinski definition) is 4. The van der Waals surface area contributed by atoms with Gasteiger partial charge in [-0.2, -0.15) is 0 Å². The lowest BCUT2D eigenvalue weighted by Gasteiger charge is -2.31. The van der Waals surface area contributed by atoms with Gasteiger partial charge in [-0.1, -0.05) is 29.8 Å².